The molecular formula is C30H39N5O3. The second-order valence-electron chi connectivity index (χ2n) is 9.79. The summed E-state index contributed by atoms with van der Waals surface area (Å²) in [6.45, 7) is 6.72. The second-order valence-corrected chi connectivity index (χ2v) is 9.79. The van der Waals surface area contributed by atoms with Crippen molar-refractivity contribution in [3.63, 3.8) is 0 Å². The third kappa shape index (κ3) is 8.18. The normalized spacial score (nSPS) is 14.2. The molecular weight excluding hydrogens is 478 g/mol. The molecule has 2 aromatic carbocycles. The molecule has 0 atom stereocenters. The van der Waals surface area contributed by atoms with Crippen LogP contribution in [0.2, 0.25) is 0 Å². The molecule has 1 aromatic heterocycles. The molecule has 0 radical (unpaired) electrons. The Morgan fingerprint density at radius 1 is 1.08 bits per heavy atom. The quantitative estimate of drug-likeness (QED) is 0.369. The highest BCUT2D eigenvalue weighted by atomic mass is 16.5. The number of rotatable bonds is 13. The predicted molar refractivity (Wildman–Crippen MR) is 150 cm³/mol. The number of unbranched alkanes of at least 4 members (excludes halogenated alkanes) is 1. The molecule has 1 aliphatic rings. The van der Waals surface area contributed by atoms with Gasteiger partial charge in [-0.05, 0) is 37.0 Å². The van der Waals surface area contributed by atoms with Gasteiger partial charge in [-0.1, -0.05) is 61.9 Å². The Labute approximate surface area is 225 Å². The van der Waals surface area contributed by atoms with Crippen molar-refractivity contribution in [3.8, 4) is 5.75 Å². The lowest BCUT2D eigenvalue weighted by Crippen LogP contribution is -2.42. The van der Waals surface area contributed by atoms with E-state index in [1.165, 1.54) is 4.57 Å². The van der Waals surface area contributed by atoms with Gasteiger partial charge in [-0.3, -0.25) is 14.5 Å². The number of likely N-dealkylation sites (tertiary alicyclic amines) is 1. The number of para-hydroxylation sites is 1. The maximum atomic E-state index is 13.2. The van der Waals surface area contributed by atoms with Crippen LogP contribution in [0.4, 0.5) is 5.82 Å². The highest BCUT2D eigenvalue weighted by Crippen LogP contribution is 2.14. The first-order chi connectivity index (χ1) is 18.6. The van der Waals surface area contributed by atoms with Crippen LogP contribution in [0, 0.1) is 0 Å². The van der Waals surface area contributed by atoms with Gasteiger partial charge in [-0.15, -0.1) is 0 Å². The van der Waals surface area contributed by atoms with E-state index >= 15 is 0 Å². The van der Waals surface area contributed by atoms with E-state index in [0.717, 1.165) is 56.6 Å². The molecule has 1 N–H and O–H groups in total. The van der Waals surface area contributed by atoms with Crippen molar-refractivity contribution >= 4 is 11.7 Å². The minimum absolute atomic E-state index is 0.00639. The number of ether oxygens (including phenoxy) is 1. The van der Waals surface area contributed by atoms with E-state index in [-0.39, 0.29) is 24.1 Å². The van der Waals surface area contributed by atoms with E-state index in [1.807, 2.05) is 65.6 Å². The van der Waals surface area contributed by atoms with Crippen molar-refractivity contribution in [1.82, 2.24) is 19.4 Å². The van der Waals surface area contributed by atoms with Crippen LogP contribution in [0.1, 0.15) is 38.2 Å². The van der Waals surface area contributed by atoms with Gasteiger partial charge in [0.1, 0.15) is 18.9 Å². The summed E-state index contributed by atoms with van der Waals surface area (Å²) in [5, 5.41) is 3.34. The summed E-state index contributed by atoms with van der Waals surface area (Å²) in [6, 6.07) is 20.0. The van der Waals surface area contributed by atoms with Crippen molar-refractivity contribution in [2.24, 2.45) is 0 Å². The standard InChI is InChI=1S/C30H39N5O3/c1-2-3-17-34(23-25-10-6-4-7-11-25)28(36)24-35-20-16-31-29(30(35)37)32-26-14-18-33(19-15-26)21-22-38-27-12-8-5-9-13-27/h4-13,16,20,26H,2-3,14-15,17-19,21-24H2,1H3,(H,31,32). The third-order valence-corrected chi connectivity index (χ3v) is 6.92. The van der Waals surface area contributed by atoms with Crippen LogP contribution in [0.15, 0.2) is 77.9 Å². The molecule has 0 bridgehead atoms. The van der Waals surface area contributed by atoms with Gasteiger partial charge in [-0.25, -0.2) is 4.98 Å². The zero-order valence-electron chi connectivity index (χ0n) is 22.3. The van der Waals surface area contributed by atoms with Gasteiger partial charge < -0.3 is 19.5 Å². The molecule has 0 saturated carbocycles. The number of amides is 1. The highest BCUT2D eigenvalue weighted by molar-refractivity contribution is 5.76. The van der Waals surface area contributed by atoms with E-state index < -0.39 is 0 Å². The Bertz CT molecular complexity index is 1180. The molecule has 3 aromatic rings. The lowest BCUT2D eigenvalue weighted by atomic mass is 10.1. The Morgan fingerprint density at radius 3 is 2.50 bits per heavy atom. The van der Waals surface area contributed by atoms with Crippen LogP contribution in [0.25, 0.3) is 0 Å². The average Bonchev–Trinajstić information content (AvgIpc) is 2.95. The number of nitrogens with one attached hydrogen (secondary N) is 1. The minimum atomic E-state index is -0.255. The topological polar surface area (TPSA) is 79.7 Å². The zero-order chi connectivity index (χ0) is 26.6. The second kappa shape index (κ2) is 14.3. The molecule has 4 rings (SSSR count). The third-order valence-electron chi connectivity index (χ3n) is 6.92. The zero-order valence-corrected chi connectivity index (χ0v) is 22.3. The number of piperidine rings is 1. The summed E-state index contributed by atoms with van der Waals surface area (Å²) in [5.41, 5.74) is 0.828. The number of hydrogen-bond acceptors (Lipinski definition) is 6. The van der Waals surface area contributed by atoms with Crippen molar-refractivity contribution in [1.29, 1.82) is 0 Å². The first-order valence-corrected chi connectivity index (χ1v) is 13.7. The van der Waals surface area contributed by atoms with E-state index in [0.29, 0.717) is 25.5 Å². The van der Waals surface area contributed by atoms with Gasteiger partial charge in [0.05, 0.1) is 0 Å². The van der Waals surface area contributed by atoms with E-state index in [1.54, 1.807) is 12.4 Å². The molecule has 202 valence electrons. The Balaban J connectivity index is 1.28. The van der Waals surface area contributed by atoms with Crippen LogP contribution in [-0.4, -0.2) is 64.1 Å². The minimum Gasteiger partial charge on any atom is -0.492 e. The first kappa shape index (κ1) is 27.4. The number of anilines is 1. The summed E-state index contributed by atoms with van der Waals surface area (Å²) in [7, 11) is 0. The number of hydrogen-bond donors (Lipinski definition) is 1. The van der Waals surface area contributed by atoms with Crippen molar-refractivity contribution in [3.05, 3.63) is 89.0 Å². The number of nitrogens with zero attached hydrogens (tertiary/aromatic N) is 4. The Morgan fingerprint density at radius 2 is 1.79 bits per heavy atom. The van der Waals surface area contributed by atoms with Crippen LogP contribution < -0.4 is 15.6 Å². The first-order valence-electron chi connectivity index (χ1n) is 13.7. The molecule has 0 unspecified atom stereocenters. The largest absolute Gasteiger partial charge is 0.492 e. The van der Waals surface area contributed by atoms with Crippen LogP contribution >= 0.6 is 0 Å². The van der Waals surface area contributed by atoms with Crippen LogP contribution in [0.3, 0.4) is 0 Å². The molecule has 1 fully saturated rings. The molecule has 0 aliphatic carbocycles. The fraction of sp³-hybridized carbons (Fsp3) is 0.433. The number of carbonyl (C=O) groups excluding carboxylic acids is 1. The van der Waals surface area contributed by atoms with Crippen LogP contribution in [-0.2, 0) is 17.9 Å². The van der Waals surface area contributed by atoms with E-state index in [2.05, 4.69) is 22.1 Å². The smallest absolute Gasteiger partial charge is 0.293 e. The fourth-order valence-electron chi connectivity index (χ4n) is 4.66. The molecule has 2 heterocycles. The maximum absolute atomic E-state index is 13.2. The van der Waals surface area contributed by atoms with Crippen LogP contribution in [0.5, 0.6) is 5.75 Å². The molecule has 8 heteroatoms. The SMILES string of the molecule is CCCCN(Cc1ccccc1)C(=O)Cn1ccnc(NC2CCN(CCOc3ccccc3)CC2)c1=O. The summed E-state index contributed by atoms with van der Waals surface area (Å²) in [4.78, 5) is 34.9. The van der Waals surface area contributed by atoms with Gasteiger partial charge in [0.2, 0.25) is 5.91 Å². The highest BCUT2D eigenvalue weighted by Gasteiger charge is 2.21. The number of benzene rings is 2. The number of carbonyl (C=O) groups is 1. The summed E-state index contributed by atoms with van der Waals surface area (Å²) in [6.07, 6.45) is 6.96. The fourth-order valence-corrected chi connectivity index (χ4v) is 4.66. The van der Waals surface area contributed by atoms with Crippen molar-refractivity contribution in [2.45, 2.75) is 51.7 Å². The molecule has 38 heavy (non-hydrogen) atoms. The molecule has 1 amide bonds. The van der Waals surface area contributed by atoms with Crippen molar-refractivity contribution < 1.29 is 9.53 Å². The number of aromatic nitrogens is 2. The molecule has 8 nitrogen and oxygen atoms in total. The van der Waals surface area contributed by atoms with E-state index in [4.69, 9.17) is 4.74 Å². The Kier molecular flexibility index (Phi) is 10.3. The Hall–Kier alpha value is -3.65. The lowest BCUT2D eigenvalue weighted by molar-refractivity contribution is -0.132. The van der Waals surface area contributed by atoms with Crippen molar-refractivity contribution in [2.75, 3.05) is 38.1 Å². The predicted octanol–water partition coefficient (Wildman–Crippen LogP) is 4.03. The van der Waals surface area contributed by atoms with Gasteiger partial charge in [-0.2, -0.15) is 0 Å². The lowest BCUT2D eigenvalue weighted by Gasteiger charge is -2.32. The molecule has 1 saturated heterocycles. The van der Waals surface area contributed by atoms with E-state index in [9.17, 15) is 9.59 Å². The summed E-state index contributed by atoms with van der Waals surface area (Å²) >= 11 is 0. The summed E-state index contributed by atoms with van der Waals surface area (Å²) in [5.74, 6) is 1.14. The molecule has 1 aliphatic heterocycles. The average molecular weight is 518 g/mol. The molecule has 0 spiro atoms. The summed E-state index contributed by atoms with van der Waals surface area (Å²) < 4.78 is 7.29. The van der Waals surface area contributed by atoms with Gasteiger partial charge >= 0.3 is 0 Å². The monoisotopic (exact) mass is 517 g/mol. The van der Waals surface area contributed by atoms with Gasteiger partial charge in [0.25, 0.3) is 5.56 Å². The maximum Gasteiger partial charge on any atom is 0.293 e. The van der Waals surface area contributed by atoms with Gasteiger partial charge in [0, 0.05) is 51.2 Å². The van der Waals surface area contributed by atoms with Gasteiger partial charge in [0.15, 0.2) is 5.82 Å².